The maximum Gasteiger partial charge on any atom is 0.239 e. The van der Waals surface area contributed by atoms with E-state index in [1.807, 2.05) is 0 Å². The SMILES string of the molecule is C=CCC(N)C(=O)N1CCC(NS(=O)(=O)CC)CC1. The van der Waals surface area contributed by atoms with E-state index in [9.17, 15) is 13.2 Å². The van der Waals surface area contributed by atoms with Gasteiger partial charge in [0.25, 0.3) is 0 Å². The van der Waals surface area contributed by atoms with Gasteiger partial charge >= 0.3 is 0 Å². The highest BCUT2D eigenvalue weighted by Gasteiger charge is 2.27. The number of amides is 1. The standard InChI is InChI=1S/C12H23N3O3S/c1-3-5-11(13)12(16)15-8-6-10(7-9-15)14-19(17,18)4-2/h3,10-11,14H,1,4-9,13H2,2H3. The fourth-order valence-corrected chi connectivity index (χ4v) is 2.98. The fourth-order valence-electron chi connectivity index (χ4n) is 2.07. The van der Waals surface area contributed by atoms with Crippen LogP contribution in [0.25, 0.3) is 0 Å². The Balaban J connectivity index is 2.45. The lowest BCUT2D eigenvalue weighted by atomic mass is 10.0. The minimum atomic E-state index is -3.17. The van der Waals surface area contributed by atoms with Gasteiger partial charge in [-0.1, -0.05) is 6.08 Å². The predicted octanol–water partition coefficient (Wildman–Crippen LogP) is -0.180. The molecule has 1 heterocycles. The first kappa shape index (κ1) is 16.1. The Kier molecular flexibility index (Phi) is 5.96. The fraction of sp³-hybridized carbons (Fsp3) is 0.750. The lowest BCUT2D eigenvalue weighted by Crippen LogP contribution is -2.50. The number of carbonyl (C=O) groups excluding carboxylic acids is 1. The van der Waals surface area contributed by atoms with Gasteiger partial charge in [-0.3, -0.25) is 4.79 Å². The number of carbonyl (C=O) groups is 1. The number of nitrogens with zero attached hydrogens (tertiary/aromatic N) is 1. The van der Waals surface area contributed by atoms with Crippen molar-refractivity contribution in [3.63, 3.8) is 0 Å². The molecule has 110 valence electrons. The molecular weight excluding hydrogens is 266 g/mol. The zero-order valence-electron chi connectivity index (χ0n) is 11.3. The third-order valence-corrected chi connectivity index (χ3v) is 4.72. The molecular formula is C12H23N3O3S. The monoisotopic (exact) mass is 289 g/mol. The van der Waals surface area contributed by atoms with E-state index in [-0.39, 0.29) is 17.7 Å². The predicted molar refractivity (Wildman–Crippen MR) is 75.0 cm³/mol. The molecule has 1 fully saturated rings. The van der Waals surface area contributed by atoms with Crippen molar-refractivity contribution in [2.24, 2.45) is 5.73 Å². The first-order valence-corrected chi connectivity index (χ1v) is 8.20. The van der Waals surface area contributed by atoms with E-state index < -0.39 is 16.1 Å². The summed E-state index contributed by atoms with van der Waals surface area (Å²) in [4.78, 5) is 13.6. The molecule has 1 saturated heterocycles. The van der Waals surface area contributed by atoms with Gasteiger partial charge in [-0.2, -0.15) is 0 Å². The molecule has 0 aromatic rings. The van der Waals surface area contributed by atoms with Gasteiger partial charge < -0.3 is 10.6 Å². The van der Waals surface area contributed by atoms with Crippen LogP contribution in [0.3, 0.4) is 0 Å². The molecule has 7 heteroatoms. The molecule has 1 atom stereocenters. The number of hydrogen-bond acceptors (Lipinski definition) is 4. The molecule has 0 aromatic carbocycles. The van der Waals surface area contributed by atoms with Crippen LogP contribution in [0.4, 0.5) is 0 Å². The zero-order chi connectivity index (χ0) is 14.5. The average Bonchev–Trinajstić information content (AvgIpc) is 2.38. The Morgan fingerprint density at radius 2 is 2.11 bits per heavy atom. The van der Waals surface area contributed by atoms with E-state index in [4.69, 9.17) is 5.73 Å². The second-order valence-electron chi connectivity index (χ2n) is 4.75. The molecule has 1 rings (SSSR count). The van der Waals surface area contributed by atoms with Gasteiger partial charge in [-0.15, -0.1) is 6.58 Å². The minimum absolute atomic E-state index is 0.0790. The summed E-state index contributed by atoms with van der Waals surface area (Å²) in [6.07, 6.45) is 3.35. The molecule has 0 aliphatic carbocycles. The van der Waals surface area contributed by atoms with Crippen LogP contribution in [0.15, 0.2) is 12.7 Å². The number of hydrogen-bond donors (Lipinski definition) is 2. The molecule has 1 amide bonds. The van der Waals surface area contributed by atoms with Crippen molar-refractivity contribution in [1.82, 2.24) is 9.62 Å². The third kappa shape index (κ3) is 4.93. The number of nitrogens with two attached hydrogens (primary N) is 1. The summed E-state index contributed by atoms with van der Waals surface area (Å²) in [5.41, 5.74) is 5.74. The van der Waals surface area contributed by atoms with E-state index in [1.54, 1.807) is 17.9 Å². The van der Waals surface area contributed by atoms with Gasteiger partial charge in [0.05, 0.1) is 11.8 Å². The third-order valence-electron chi connectivity index (χ3n) is 3.27. The normalized spacial score (nSPS) is 19.2. The number of nitrogens with one attached hydrogen (secondary N) is 1. The molecule has 1 aliphatic heterocycles. The summed E-state index contributed by atoms with van der Waals surface area (Å²) in [5, 5.41) is 0. The Morgan fingerprint density at radius 1 is 1.53 bits per heavy atom. The van der Waals surface area contributed by atoms with Crippen molar-refractivity contribution in [2.45, 2.75) is 38.3 Å². The molecule has 6 nitrogen and oxygen atoms in total. The first-order valence-electron chi connectivity index (χ1n) is 6.55. The lowest BCUT2D eigenvalue weighted by molar-refractivity contribution is -0.133. The molecule has 0 bridgehead atoms. The Labute approximate surface area is 115 Å². The molecule has 0 aromatic heterocycles. The van der Waals surface area contributed by atoms with E-state index in [0.717, 1.165) is 0 Å². The molecule has 0 saturated carbocycles. The van der Waals surface area contributed by atoms with Gasteiger partial charge in [0, 0.05) is 19.1 Å². The minimum Gasteiger partial charge on any atom is -0.341 e. The zero-order valence-corrected chi connectivity index (χ0v) is 12.2. The van der Waals surface area contributed by atoms with E-state index in [0.29, 0.717) is 32.4 Å². The lowest BCUT2D eigenvalue weighted by Gasteiger charge is -2.33. The summed E-state index contributed by atoms with van der Waals surface area (Å²) < 4.78 is 25.6. The molecule has 3 N–H and O–H groups in total. The van der Waals surface area contributed by atoms with Crippen molar-refractivity contribution in [3.8, 4) is 0 Å². The maximum absolute atomic E-state index is 12.0. The smallest absolute Gasteiger partial charge is 0.239 e. The van der Waals surface area contributed by atoms with E-state index >= 15 is 0 Å². The van der Waals surface area contributed by atoms with E-state index in [2.05, 4.69) is 11.3 Å². The highest BCUT2D eigenvalue weighted by Crippen LogP contribution is 2.13. The number of rotatable bonds is 6. The van der Waals surface area contributed by atoms with Crippen LogP contribution >= 0.6 is 0 Å². The highest BCUT2D eigenvalue weighted by atomic mass is 32.2. The first-order chi connectivity index (χ1) is 8.89. The van der Waals surface area contributed by atoms with Crippen molar-refractivity contribution >= 4 is 15.9 Å². The van der Waals surface area contributed by atoms with Gasteiger partial charge in [0.15, 0.2) is 0 Å². The quantitative estimate of drug-likeness (QED) is 0.663. The van der Waals surface area contributed by atoms with E-state index in [1.165, 1.54) is 0 Å². The summed E-state index contributed by atoms with van der Waals surface area (Å²) >= 11 is 0. The summed E-state index contributed by atoms with van der Waals surface area (Å²) in [6.45, 7) is 6.25. The number of sulfonamides is 1. The van der Waals surface area contributed by atoms with Crippen molar-refractivity contribution in [3.05, 3.63) is 12.7 Å². The van der Waals surface area contributed by atoms with Crippen LogP contribution in [0, 0.1) is 0 Å². The van der Waals surface area contributed by atoms with Crippen molar-refractivity contribution in [2.75, 3.05) is 18.8 Å². The van der Waals surface area contributed by atoms with Crippen LogP contribution < -0.4 is 10.5 Å². The average molecular weight is 289 g/mol. The van der Waals surface area contributed by atoms with Gasteiger partial charge in [-0.25, -0.2) is 13.1 Å². The highest BCUT2D eigenvalue weighted by molar-refractivity contribution is 7.89. The van der Waals surface area contributed by atoms with Crippen molar-refractivity contribution in [1.29, 1.82) is 0 Å². The van der Waals surface area contributed by atoms with Crippen LogP contribution in [-0.2, 0) is 14.8 Å². The number of likely N-dealkylation sites (tertiary alicyclic amines) is 1. The Bertz CT molecular complexity index is 414. The maximum atomic E-state index is 12.0. The molecule has 0 radical (unpaired) electrons. The molecule has 19 heavy (non-hydrogen) atoms. The molecule has 1 unspecified atom stereocenters. The van der Waals surface area contributed by atoms with Crippen LogP contribution in [0.5, 0.6) is 0 Å². The van der Waals surface area contributed by atoms with Gasteiger partial charge in [0.1, 0.15) is 0 Å². The largest absolute Gasteiger partial charge is 0.341 e. The molecule has 0 spiro atoms. The van der Waals surface area contributed by atoms with Gasteiger partial charge in [-0.05, 0) is 26.2 Å². The summed E-state index contributed by atoms with van der Waals surface area (Å²) in [6, 6.07) is -0.619. The van der Waals surface area contributed by atoms with Crippen LogP contribution in [-0.4, -0.2) is 50.2 Å². The second-order valence-corrected chi connectivity index (χ2v) is 6.79. The van der Waals surface area contributed by atoms with Crippen LogP contribution in [0.1, 0.15) is 26.2 Å². The van der Waals surface area contributed by atoms with Crippen LogP contribution in [0.2, 0.25) is 0 Å². The number of piperidine rings is 1. The Morgan fingerprint density at radius 3 is 2.58 bits per heavy atom. The van der Waals surface area contributed by atoms with Gasteiger partial charge in [0.2, 0.25) is 15.9 Å². The second kappa shape index (κ2) is 7.02. The van der Waals surface area contributed by atoms with Crippen molar-refractivity contribution < 1.29 is 13.2 Å². The Hall–Kier alpha value is -0.920. The topological polar surface area (TPSA) is 92.5 Å². The summed E-state index contributed by atoms with van der Waals surface area (Å²) in [5.74, 6) is -0.00667. The molecule has 1 aliphatic rings. The summed E-state index contributed by atoms with van der Waals surface area (Å²) in [7, 11) is -3.17.